The lowest BCUT2D eigenvalue weighted by molar-refractivity contribution is 0.544. The normalized spacial score (nSPS) is 36.0. The summed E-state index contributed by atoms with van der Waals surface area (Å²) in [5.74, 6) is 0. The number of rotatable bonds is 0. The Morgan fingerprint density at radius 2 is 1.62 bits per heavy atom. The van der Waals surface area contributed by atoms with Crippen molar-refractivity contribution in [1.82, 2.24) is 0 Å². The molecule has 1 saturated carbocycles. The van der Waals surface area contributed by atoms with Crippen LogP contribution < -0.4 is 0 Å². The SMILES string of the molecule is C1CCC2(C1)CCP2. The van der Waals surface area contributed by atoms with Gasteiger partial charge in [-0.25, -0.2) is 0 Å². The first-order valence-electron chi connectivity index (χ1n) is 3.66. The Kier molecular flexibility index (Phi) is 1.11. The van der Waals surface area contributed by atoms with Gasteiger partial charge in [-0.15, -0.1) is 8.58 Å². The molecule has 0 bridgehead atoms. The Labute approximate surface area is 52.8 Å². The predicted molar refractivity (Wildman–Crippen MR) is 39.0 cm³/mol. The molecule has 1 aliphatic carbocycles. The molecule has 2 rings (SSSR count). The van der Waals surface area contributed by atoms with E-state index in [0.717, 1.165) is 5.16 Å². The summed E-state index contributed by atoms with van der Waals surface area (Å²) in [6.07, 6.45) is 9.35. The minimum absolute atomic E-state index is 0.944. The van der Waals surface area contributed by atoms with Gasteiger partial charge in [-0.05, 0) is 30.6 Å². The van der Waals surface area contributed by atoms with Crippen molar-refractivity contribution in [1.29, 1.82) is 0 Å². The van der Waals surface area contributed by atoms with Crippen molar-refractivity contribution in [2.75, 3.05) is 6.16 Å². The molecular weight excluding hydrogens is 115 g/mol. The lowest BCUT2D eigenvalue weighted by Crippen LogP contribution is -2.27. The molecule has 1 atom stereocenters. The predicted octanol–water partition coefficient (Wildman–Crippen LogP) is 2.38. The molecular formula is C7H13P. The number of hydrogen-bond donors (Lipinski definition) is 0. The van der Waals surface area contributed by atoms with Gasteiger partial charge in [0.2, 0.25) is 0 Å². The van der Waals surface area contributed by atoms with Crippen molar-refractivity contribution < 1.29 is 0 Å². The monoisotopic (exact) mass is 128 g/mol. The highest BCUT2D eigenvalue weighted by Crippen LogP contribution is 2.56. The lowest BCUT2D eigenvalue weighted by atomic mass is 10.0. The van der Waals surface area contributed by atoms with E-state index in [1.165, 1.54) is 21.4 Å². The molecule has 1 heteroatoms. The molecule has 0 radical (unpaired) electrons. The molecule has 2 aliphatic rings. The molecule has 0 N–H and O–H groups in total. The first-order chi connectivity index (χ1) is 3.91. The van der Waals surface area contributed by atoms with Crippen molar-refractivity contribution in [3.63, 3.8) is 0 Å². The summed E-state index contributed by atoms with van der Waals surface area (Å²) in [6, 6.07) is 0. The van der Waals surface area contributed by atoms with E-state index in [2.05, 4.69) is 0 Å². The quantitative estimate of drug-likeness (QED) is 0.439. The topological polar surface area (TPSA) is 0 Å². The molecule has 0 aromatic rings. The molecule has 0 amide bonds. The molecule has 0 aromatic heterocycles. The molecule has 1 aliphatic heterocycles. The molecule has 1 heterocycles. The van der Waals surface area contributed by atoms with E-state index in [0.29, 0.717) is 0 Å². The summed E-state index contributed by atoms with van der Waals surface area (Å²) in [7, 11) is 1.34. The minimum Gasteiger partial charge on any atom is -0.116 e. The maximum atomic E-state index is 1.57. The van der Waals surface area contributed by atoms with E-state index >= 15 is 0 Å². The highest BCUT2D eigenvalue weighted by Gasteiger charge is 2.38. The molecule has 1 spiro atoms. The zero-order valence-corrected chi connectivity index (χ0v) is 6.24. The van der Waals surface area contributed by atoms with Crippen molar-refractivity contribution in [2.45, 2.75) is 37.3 Å². The van der Waals surface area contributed by atoms with Crippen LogP contribution in [0.2, 0.25) is 0 Å². The van der Waals surface area contributed by atoms with Crippen molar-refractivity contribution >= 4 is 8.58 Å². The maximum absolute atomic E-state index is 1.57. The Balaban J connectivity index is 2.01. The fourth-order valence-electron chi connectivity index (χ4n) is 1.96. The standard InChI is InChI=1S/C7H13P/c1-2-4-7(3-1)5-6-8-7/h8H,1-6H2. The molecule has 46 valence electrons. The molecule has 1 saturated heterocycles. The van der Waals surface area contributed by atoms with Crippen LogP contribution in [0.25, 0.3) is 0 Å². The zero-order valence-electron chi connectivity index (χ0n) is 5.24. The van der Waals surface area contributed by atoms with Gasteiger partial charge in [-0.2, -0.15) is 0 Å². The Bertz CT molecular complexity index is 86.6. The van der Waals surface area contributed by atoms with Gasteiger partial charge < -0.3 is 0 Å². The fourth-order valence-corrected chi connectivity index (χ4v) is 3.62. The van der Waals surface area contributed by atoms with Crippen LogP contribution in [0.15, 0.2) is 0 Å². The average molecular weight is 128 g/mol. The molecule has 0 aromatic carbocycles. The third kappa shape index (κ3) is 0.624. The summed E-state index contributed by atoms with van der Waals surface area (Å²) in [5, 5.41) is 0.944. The third-order valence-electron chi connectivity index (χ3n) is 2.66. The number of hydrogen-bond acceptors (Lipinski definition) is 0. The van der Waals surface area contributed by atoms with Crippen molar-refractivity contribution in [3.05, 3.63) is 0 Å². The van der Waals surface area contributed by atoms with Gasteiger partial charge in [-0.3, -0.25) is 0 Å². The van der Waals surface area contributed by atoms with E-state index in [1.807, 2.05) is 0 Å². The zero-order chi connectivity index (χ0) is 5.45. The lowest BCUT2D eigenvalue weighted by Gasteiger charge is -2.38. The molecule has 0 nitrogen and oxygen atoms in total. The van der Waals surface area contributed by atoms with Crippen LogP contribution in [0, 0.1) is 0 Å². The van der Waals surface area contributed by atoms with Crippen molar-refractivity contribution in [2.24, 2.45) is 0 Å². The van der Waals surface area contributed by atoms with Crippen LogP contribution in [0.1, 0.15) is 32.1 Å². The Morgan fingerprint density at radius 3 is 1.88 bits per heavy atom. The van der Waals surface area contributed by atoms with Gasteiger partial charge in [0.15, 0.2) is 0 Å². The van der Waals surface area contributed by atoms with Crippen LogP contribution in [0.5, 0.6) is 0 Å². The first-order valence-corrected chi connectivity index (χ1v) is 4.87. The van der Waals surface area contributed by atoms with Crippen LogP contribution in [-0.4, -0.2) is 11.3 Å². The van der Waals surface area contributed by atoms with Crippen LogP contribution in [-0.2, 0) is 0 Å². The Hall–Kier alpha value is 0.430. The van der Waals surface area contributed by atoms with E-state index in [-0.39, 0.29) is 0 Å². The van der Waals surface area contributed by atoms with Gasteiger partial charge in [0.1, 0.15) is 0 Å². The smallest absolute Gasteiger partial charge is 0.0119 e. The molecule has 1 unspecified atom stereocenters. The molecule has 2 fully saturated rings. The second-order valence-corrected chi connectivity index (χ2v) is 5.08. The second-order valence-electron chi connectivity index (χ2n) is 3.16. The van der Waals surface area contributed by atoms with Gasteiger partial charge in [0.25, 0.3) is 0 Å². The van der Waals surface area contributed by atoms with Gasteiger partial charge in [0, 0.05) is 0 Å². The van der Waals surface area contributed by atoms with Gasteiger partial charge in [0.05, 0.1) is 0 Å². The summed E-state index contributed by atoms with van der Waals surface area (Å²) in [4.78, 5) is 0. The van der Waals surface area contributed by atoms with Crippen LogP contribution in [0.3, 0.4) is 0 Å². The summed E-state index contributed by atoms with van der Waals surface area (Å²) >= 11 is 0. The molecule has 8 heavy (non-hydrogen) atoms. The fraction of sp³-hybridized carbons (Fsp3) is 1.00. The van der Waals surface area contributed by atoms with Gasteiger partial charge >= 0.3 is 0 Å². The van der Waals surface area contributed by atoms with E-state index in [9.17, 15) is 0 Å². The summed E-state index contributed by atoms with van der Waals surface area (Å²) in [5.41, 5.74) is 0. The highest BCUT2D eigenvalue weighted by atomic mass is 31.1. The van der Waals surface area contributed by atoms with Crippen LogP contribution >= 0.6 is 8.58 Å². The first kappa shape index (κ1) is 5.23. The third-order valence-corrected chi connectivity index (χ3v) is 4.66. The summed E-state index contributed by atoms with van der Waals surface area (Å²) in [6.45, 7) is 0. The average Bonchev–Trinajstić information content (AvgIpc) is 2.07. The van der Waals surface area contributed by atoms with Crippen LogP contribution in [0.4, 0.5) is 0 Å². The van der Waals surface area contributed by atoms with E-state index in [1.54, 1.807) is 25.4 Å². The maximum Gasteiger partial charge on any atom is -0.0119 e. The largest absolute Gasteiger partial charge is 0.116 e. The Morgan fingerprint density at radius 1 is 1.00 bits per heavy atom. The van der Waals surface area contributed by atoms with E-state index in [4.69, 9.17) is 0 Å². The minimum atomic E-state index is 0.944. The second kappa shape index (κ2) is 1.70. The van der Waals surface area contributed by atoms with E-state index < -0.39 is 0 Å². The highest BCUT2D eigenvalue weighted by molar-refractivity contribution is 7.42. The summed E-state index contributed by atoms with van der Waals surface area (Å²) < 4.78 is 0. The van der Waals surface area contributed by atoms with Crippen molar-refractivity contribution in [3.8, 4) is 0 Å². The van der Waals surface area contributed by atoms with Gasteiger partial charge in [-0.1, -0.05) is 12.8 Å².